The molecule has 0 unspecified atom stereocenters. The molecule has 0 aliphatic heterocycles. The number of fused-ring (bicyclic) bond motifs is 1. The minimum absolute atomic E-state index is 0.0431. The molecular weight excluding hydrogens is 446 g/mol. The number of nitrogens with zero attached hydrogens (tertiary/aromatic N) is 3. The van der Waals surface area contributed by atoms with Crippen LogP contribution in [0.5, 0.6) is 0 Å². The first-order valence-corrected chi connectivity index (χ1v) is 11.4. The van der Waals surface area contributed by atoms with E-state index in [4.69, 9.17) is 16.6 Å². The Morgan fingerprint density at radius 3 is 2.53 bits per heavy atom. The molecule has 3 aromatic heterocycles. The second kappa shape index (κ2) is 9.50. The van der Waals surface area contributed by atoms with Gasteiger partial charge in [-0.05, 0) is 19.1 Å². The van der Waals surface area contributed by atoms with Gasteiger partial charge in [0.15, 0.2) is 11.2 Å². The average Bonchev–Trinajstić information content (AvgIpc) is 2.77. The maximum Gasteiger partial charge on any atom is 0.235 e. The van der Waals surface area contributed by atoms with Gasteiger partial charge in [0, 0.05) is 34.3 Å². The number of hydrogen-bond acceptors (Lipinski definition) is 6. The molecule has 0 atom stereocenters. The van der Waals surface area contributed by atoms with E-state index in [-0.39, 0.29) is 23.3 Å². The number of aromatic nitrogens is 4. The number of rotatable bonds is 6. The summed E-state index contributed by atoms with van der Waals surface area (Å²) in [7, 11) is 0. The smallest absolute Gasteiger partial charge is 0.235 e. The van der Waals surface area contributed by atoms with Crippen LogP contribution in [0, 0.1) is 6.92 Å². The van der Waals surface area contributed by atoms with E-state index in [1.807, 2.05) is 50.2 Å². The van der Waals surface area contributed by atoms with E-state index in [2.05, 4.69) is 19.7 Å². The molecule has 162 valence electrons. The van der Waals surface area contributed by atoms with Crippen molar-refractivity contribution in [3.8, 4) is 22.5 Å². The lowest BCUT2D eigenvalue weighted by Gasteiger charge is -2.12. The second-order valence-electron chi connectivity index (χ2n) is 7.10. The molecule has 4 aromatic rings. The number of carbonyl (C=O) groups excluding carboxylic acids is 1. The van der Waals surface area contributed by atoms with E-state index < -0.39 is 0 Å². The number of aromatic amines is 1. The lowest BCUT2D eigenvalue weighted by molar-refractivity contribution is -0.118. The quantitative estimate of drug-likeness (QED) is 0.324. The maximum atomic E-state index is 12.9. The van der Waals surface area contributed by atoms with Crippen LogP contribution in [0.25, 0.3) is 33.7 Å². The van der Waals surface area contributed by atoms with Crippen LogP contribution in [0.3, 0.4) is 0 Å². The topological polar surface area (TPSA) is 101 Å². The van der Waals surface area contributed by atoms with Gasteiger partial charge < -0.3 is 4.98 Å². The lowest BCUT2D eigenvalue weighted by atomic mass is 10.0. The zero-order valence-electron chi connectivity index (χ0n) is 17.5. The summed E-state index contributed by atoms with van der Waals surface area (Å²) in [5.41, 5.74) is 4.09. The van der Waals surface area contributed by atoms with Crippen molar-refractivity contribution in [2.75, 3.05) is 5.75 Å². The van der Waals surface area contributed by atoms with Gasteiger partial charge in [-0.1, -0.05) is 60.8 Å². The molecule has 3 heterocycles. The molecular formula is C23H20ClN5O2S. The van der Waals surface area contributed by atoms with E-state index in [1.54, 1.807) is 6.07 Å². The van der Waals surface area contributed by atoms with Crippen molar-refractivity contribution < 1.29 is 4.79 Å². The number of pyridine rings is 2. The second-order valence-corrected chi connectivity index (χ2v) is 8.56. The highest BCUT2D eigenvalue weighted by atomic mass is 35.5. The molecule has 4 rings (SSSR count). The van der Waals surface area contributed by atoms with E-state index >= 15 is 0 Å². The highest BCUT2D eigenvalue weighted by Gasteiger charge is 2.17. The molecule has 7 nitrogen and oxygen atoms in total. The summed E-state index contributed by atoms with van der Waals surface area (Å²) in [6, 6.07) is 14.5. The van der Waals surface area contributed by atoms with E-state index in [0.29, 0.717) is 27.9 Å². The third-order valence-corrected chi connectivity index (χ3v) is 5.49. The number of nitrogens with one attached hydrogen (secondary N) is 2. The molecule has 2 N–H and O–H groups in total. The van der Waals surface area contributed by atoms with Gasteiger partial charge in [-0.25, -0.2) is 15.0 Å². The van der Waals surface area contributed by atoms with E-state index in [0.717, 1.165) is 22.6 Å². The fraction of sp³-hybridized carbons (Fsp3) is 0.174. The van der Waals surface area contributed by atoms with Gasteiger partial charge in [0.2, 0.25) is 11.3 Å². The first-order valence-electron chi connectivity index (χ1n) is 9.99. The SMILES string of the molecule is CCSNC(=O)Cc1cc(=O)c2nc(-c3cc(C)nc(Cl)c3)c(-c3ccccc3)nc2[nH]1. The Morgan fingerprint density at radius 2 is 1.81 bits per heavy atom. The van der Waals surface area contributed by atoms with Crippen molar-refractivity contribution in [1.82, 2.24) is 24.7 Å². The normalized spacial score (nSPS) is 11.0. The van der Waals surface area contributed by atoms with E-state index in [1.165, 1.54) is 18.0 Å². The number of halogens is 1. The number of H-pyrrole nitrogens is 1. The van der Waals surface area contributed by atoms with Crippen LogP contribution in [0.1, 0.15) is 18.3 Å². The number of hydrogen-bond donors (Lipinski definition) is 2. The molecule has 1 amide bonds. The minimum atomic E-state index is -0.310. The molecule has 0 saturated carbocycles. The van der Waals surface area contributed by atoms with Gasteiger partial charge in [0.25, 0.3) is 0 Å². The Balaban J connectivity index is 1.90. The highest BCUT2D eigenvalue weighted by Crippen LogP contribution is 2.31. The summed E-state index contributed by atoms with van der Waals surface area (Å²) in [4.78, 5) is 41.7. The Bertz CT molecular complexity index is 1340. The molecule has 1 aromatic carbocycles. The van der Waals surface area contributed by atoms with E-state index in [9.17, 15) is 9.59 Å². The summed E-state index contributed by atoms with van der Waals surface area (Å²) < 4.78 is 2.73. The van der Waals surface area contributed by atoms with Crippen molar-refractivity contribution in [1.29, 1.82) is 0 Å². The van der Waals surface area contributed by atoms with Crippen molar-refractivity contribution >= 4 is 40.6 Å². The number of carbonyl (C=O) groups is 1. The number of amides is 1. The van der Waals surface area contributed by atoms with Crippen molar-refractivity contribution in [2.45, 2.75) is 20.3 Å². The van der Waals surface area contributed by atoms with Crippen LogP contribution >= 0.6 is 23.5 Å². The maximum absolute atomic E-state index is 12.9. The van der Waals surface area contributed by atoms with Crippen LogP contribution in [0.2, 0.25) is 5.15 Å². The van der Waals surface area contributed by atoms with Gasteiger partial charge >= 0.3 is 0 Å². The summed E-state index contributed by atoms with van der Waals surface area (Å²) in [6.45, 7) is 3.78. The summed E-state index contributed by atoms with van der Waals surface area (Å²) in [5.74, 6) is 0.564. The van der Waals surface area contributed by atoms with Crippen molar-refractivity contribution in [2.24, 2.45) is 0 Å². The zero-order chi connectivity index (χ0) is 22.7. The number of aryl methyl sites for hydroxylation is 1. The molecule has 0 saturated heterocycles. The summed E-state index contributed by atoms with van der Waals surface area (Å²) >= 11 is 7.50. The molecule has 0 bridgehead atoms. The van der Waals surface area contributed by atoms with Gasteiger partial charge in [-0.15, -0.1) is 0 Å². The van der Waals surface area contributed by atoms with Crippen molar-refractivity contribution in [3.05, 3.63) is 75.3 Å². The Labute approximate surface area is 193 Å². The molecule has 0 fully saturated rings. The van der Waals surface area contributed by atoms with Gasteiger partial charge in [-0.3, -0.25) is 14.3 Å². The predicted octanol–water partition coefficient (Wildman–Crippen LogP) is 4.34. The predicted molar refractivity (Wildman–Crippen MR) is 129 cm³/mol. The highest BCUT2D eigenvalue weighted by molar-refractivity contribution is 7.97. The number of benzene rings is 1. The lowest BCUT2D eigenvalue weighted by Crippen LogP contribution is -2.20. The summed E-state index contributed by atoms with van der Waals surface area (Å²) in [6.07, 6.45) is 0.0431. The summed E-state index contributed by atoms with van der Waals surface area (Å²) in [5, 5.41) is 0.334. The molecule has 32 heavy (non-hydrogen) atoms. The van der Waals surface area contributed by atoms with Gasteiger partial charge in [0.1, 0.15) is 5.15 Å². The molecule has 0 spiro atoms. The monoisotopic (exact) mass is 465 g/mol. The largest absolute Gasteiger partial charge is 0.341 e. The van der Waals surface area contributed by atoms with Crippen LogP contribution in [-0.4, -0.2) is 31.6 Å². The van der Waals surface area contributed by atoms with Crippen LogP contribution in [0.15, 0.2) is 53.3 Å². The molecule has 0 aliphatic carbocycles. The minimum Gasteiger partial charge on any atom is -0.341 e. The first kappa shape index (κ1) is 22.0. The zero-order valence-corrected chi connectivity index (χ0v) is 19.0. The van der Waals surface area contributed by atoms with Crippen LogP contribution in [0.4, 0.5) is 0 Å². The van der Waals surface area contributed by atoms with Crippen LogP contribution in [-0.2, 0) is 11.2 Å². The molecule has 0 aliphatic rings. The molecule has 9 heteroatoms. The Kier molecular flexibility index (Phi) is 6.53. The van der Waals surface area contributed by atoms with Crippen LogP contribution < -0.4 is 10.2 Å². The van der Waals surface area contributed by atoms with Gasteiger partial charge in [-0.2, -0.15) is 0 Å². The third kappa shape index (κ3) is 4.81. The van der Waals surface area contributed by atoms with Crippen molar-refractivity contribution in [3.63, 3.8) is 0 Å². The third-order valence-electron chi connectivity index (χ3n) is 4.64. The Morgan fingerprint density at radius 1 is 1.06 bits per heavy atom. The average molecular weight is 466 g/mol. The fourth-order valence-corrected chi connectivity index (χ4v) is 3.96. The first-order chi connectivity index (χ1) is 15.4. The molecule has 0 radical (unpaired) electrons. The Hall–Kier alpha value is -3.23. The fourth-order valence-electron chi connectivity index (χ4n) is 3.33. The standard InChI is InChI=1S/C23H20ClN5O2S/c1-3-32-29-19(31)12-16-11-17(30)22-23(26-16)28-20(14-7-5-4-6-8-14)21(27-22)15-9-13(2)25-18(24)10-15/h4-11H,3,12H2,1-2H3,(H,29,31)(H,26,28,30). The van der Waals surface area contributed by atoms with Gasteiger partial charge in [0.05, 0.1) is 17.8 Å².